The molecule has 0 bridgehead atoms. The number of aromatic nitrogens is 2. The van der Waals surface area contributed by atoms with Crippen molar-refractivity contribution < 1.29 is 14.0 Å². The van der Waals surface area contributed by atoms with Crippen molar-refractivity contribution in [2.75, 3.05) is 0 Å². The number of aryl methyl sites for hydroxylation is 1. The van der Waals surface area contributed by atoms with E-state index in [4.69, 9.17) is 10.2 Å². The first-order valence-electron chi connectivity index (χ1n) is 7.60. The normalized spacial score (nSPS) is 11.7. The molecule has 2 aromatic carbocycles. The van der Waals surface area contributed by atoms with Gasteiger partial charge in [-0.15, -0.1) is 10.2 Å². The van der Waals surface area contributed by atoms with E-state index in [1.165, 1.54) is 0 Å². The number of hydrogen-bond acceptors (Lipinski definition) is 5. The summed E-state index contributed by atoms with van der Waals surface area (Å²) < 4.78 is 5.53. The minimum Gasteiger partial charge on any atom is -0.418 e. The number of primary amides is 1. The highest BCUT2D eigenvalue weighted by atomic mass is 16.4. The number of nitrogens with one attached hydrogen (secondary N) is 1. The molecular formula is C18H16N4O3. The van der Waals surface area contributed by atoms with Crippen LogP contribution in [0.2, 0.25) is 0 Å². The van der Waals surface area contributed by atoms with Crippen molar-refractivity contribution in [3.63, 3.8) is 0 Å². The molecule has 1 atom stereocenters. The molecule has 0 aliphatic carbocycles. The number of benzene rings is 2. The number of amides is 2. The fourth-order valence-corrected chi connectivity index (χ4v) is 2.22. The first-order chi connectivity index (χ1) is 12.0. The summed E-state index contributed by atoms with van der Waals surface area (Å²) in [6.07, 6.45) is 0. The Hall–Kier alpha value is -3.48. The summed E-state index contributed by atoms with van der Waals surface area (Å²) in [5.74, 6) is -1.06. The van der Waals surface area contributed by atoms with Gasteiger partial charge in [0.25, 0.3) is 5.91 Å². The molecule has 0 saturated carbocycles. The van der Waals surface area contributed by atoms with Crippen LogP contribution in [0.25, 0.3) is 11.5 Å². The fourth-order valence-electron chi connectivity index (χ4n) is 2.22. The minimum atomic E-state index is -1.21. The topological polar surface area (TPSA) is 111 Å². The smallest absolute Gasteiger partial charge is 0.252 e. The molecule has 0 spiro atoms. The quantitative estimate of drug-likeness (QED) is 0.740. The molecule has 7 nitrogen and oxygen atoms in total. The second kappa shape index (κ2) is 6.96. The number of hydrogen-bond donors (Lipinski definition) is 2. The Labute approximate surface area is 143 Å². The van der Waals surface area contributed by atoms with E-state index in [0.717, 1.165) is 5.56 Å². The van der Waals surface area contributed by atoms with E-state index in [-0.39, 0.29) is 11.8 Å². The average Bonchev–Trinajstić information content (AvgIpc) is 3.10. The molecule has 3 N–H and O–H groups in total. The zero-order valence-corrected chi connectivity index (χ0v) is 13.5. The first kappa shape index (κ1) is 16.4. The molecule has 3 aromatic rings. The maximum atomic E-state index is 12.2. The van der Waals surface area contributed by atoms with E-state index >= 15 is 0 Å². The van der Waals surface area contributed by atoms with Crippen molar-refractivity contribution >= 4 is 11.8 Å². The molecule has 2 amide bonds. The van der Waals surface area contributed by atoms with E-state index in [2.05, 4.69) is 15.5 Å². The van der Waals surface area contributed by atoms with Crippen LogP contribution in [0.3, 0.4) is 0 Å². The third kappa shape index (κ3) is 3.72. The van der Waals surface area contributed by atoms with E-state index in [0.29, 0.717) is 11.1 Å². The summed E-state index contributed by atoms with van der Waals surface area (Å²) in [7, 11) is 0. The lowest BCUT2D eigenvalue weighted by Gasteiger charge is -2.11. The molecule has 0 aliphatic heterocycles. The highest BCUT2D eigenvalue weighted by Crippen LogP contribution is 2.21. The molecular weight excluding hydrogens is 320 g/mol. The summed E-state index contributed by atoms with van der Waals surface area (Å²) in [4.78, 5) is 24.0. The number of nitrogens with two attached hydrogens (primary N) is 1. The SMILES string of the molecule is Cc1ccc(-c2nnc(C(NC(=O)c3ccccc3)C(N)=O)o2)cc1. The Kier molecular flexibility index (Phi) is 4.56. The molecule has 0 aliphatic rings. The largest absolute Gasteiger partial charge is 0.418 e. The lowest BCUT2D eigenvalue weighted by molar-refractivity contribution is -0.120. The van der Waals surface area contributed by atoms with Crippen molar-refractivity contribution in [3.8, 4) is 11.5 Å². The van der Waals surface area contributed by atoms with Crippen molar-refractivity contribution in [2.24, 2.45) is 5.73 Å². The Morgan fingerprint density at radius 1 is 1.04 bits per heavy atom. The van der Waals surface area contributed by atoms with Gasteiger partial charge in [-0.1, -0.05) is 35.9 Å². The highest BCUT2D eigenvalue weighted by molar-refractivity contribution is 5.97. The van der Waals surface area contributed by atoms with Crippen LogP contribution in [0.5, 0.6) is 0 Å². The van der Waals surface area contributed by atoms with E-state index in [1.807, 2.05) is 31.2 Å². The molecule has 25 heavy (non-hydrogen) atoms. The molecule has 1 aromatic heterocycles. The minimum absolute atomic E-state index is 0.0626. The second-order valence-corrected chi connectivity index (χ2v) is 5.49. The van der Waals surface area contributed by atoms with Crippen molar-refractivity contribution in [2.45, 2.75) is 13.0 Å². The van der Waals surface area contributed by atoms with Crippen LogP contribution >= 0.6 is 0 Å². The number of rotatable bonds is 5. The Bertz CT molecular complexity index is 888. The van der Waals surface area contributed by atoms with Crippen molar-refractivity contribution in [1.82, 2.24) is 15.5 Å². The third-order valence-electron chi connectivity index (χ3n) is 3.58. The van der Waals surface area contributed by atoms with Gasteiger partial charge in [0.2, 0.25) is 17.7 Å². The average molecular weight is 336 g/mol. The summed E-state index contributed by atoms with van der Waals surface area (Å²) >= 11 is 0. The number of nitrogens with zero attached hydrogens (tertiary/aromatic N) is 2. The monoisotopic (exact) mass is 336 g/mol. The molecule has 1 unspecified atom stereocenters. The Morgan fingerprint density at radius 3 is 2.36 bits per heavy atom. The van der Waals surface area contributed by atoms with Crippen LogP contribution < -0.4 is 11.1 Å². The predicted molar refractivity (Wildman–Crippen MR) is 90.3 cm³/mol. The zero-order chi connectivity index (χ0) is 17.8. The zero-order valence-electron chi connectivity index (χ0n) is 13.5. The fraction of sp³-hybridized carbons (Fsp3) is 0.111. The van der Waals surface area contributed by atoms with Crippen LogP contribution in [-0.4, -0.2) is 22.0 Å². The van der Waals surface area contributed by atoms with Crippen LogP contribution in [0, 0.1) is 6.92 Å². The molecule has 3 rings (SSSR count). The molecule has 0 radical (unpaired) electrons. The molecule has 7 heteroatoms. The van der Waals surface area contributed by atoms with Gasteiger partial charge in [-0.2, -0.15) is 0 Å². The maximum Gasteiger partial charge on any atom is 0.252 e. The molecule has 0 fully saturated rings. The van der Waals surface area contributed by atoms with Gasteiger partial charge < -0.3 is 15.5 Å². The van der Waals surface area contributed by atoms with Gasteiger partial charge in [0.05, 0.1) is 0 Å². The summed E-state index contributed by atoms with van der Waals surface area (Å²) in [5, 5.41) is 10.3. The maximum absolute atomic E-state index is 12.2. The van der Waals surface area contributed by atoms with Crippen molar-refractivity contribution in [1.29, 1.82) is 0 Å². The van der Waals surface area contributed by atoms with Crippen LogP contribution in [0.1, 0.15) is 27.9 Å². The van der Waals surface area contributed by atoms with Gasteiger partial charge in [-0.25, -0.2) is 0 Å². The Balaban J connectivity index is 1.83. The van der Waals surface area contributed by atoms with Gasteiger partial charge in [0.15, 0.2) is 6.04 Å². The van der Waals surface area contributed by atoms with E-state index in [9.17, 15) is 9.59 Å². The lowest BCUT2D eigenvalue weighted by atomic mass is 10.1. The van der Waals surface area contributed by atoms with Gasteiger partial charge in [0.1, 0.15) is 0 Å². The summed E-state index contributed by atoms with van der Waals surface area (Å²) in [6, 6.07) is 14.7. The second-order valence-electron chi connectivity index (χ2n) is 5.49. The molecule has 1 heterocycles. The predicted octanol–water partition coefficient (Wildman–Crippen LogP) is 2.00. The highest BCUT2D eigenvalue weighted by Gasteiger charge is 2.27. The standard InChI is InChI=1S/C18H16N4O3/c1-11-7-9-13(10-8-11)17-21-22-18(25-17)14(15(19)23)20-16(24)12-5-3-2-4-6-12/h2-10,14H,1H3,(H2,19,23)(H,20,24). The van der Waals surface area contributed by atoms with Gasteiger partial charge >= 0.3 is 0 Å². The van der Waals surface area contributed by atoms with Gasteiger partial charge in [-0.05, 0) is 31.2 Å². The molecule has 0 saturated heterocycles. The third-order valence-corrected chi connectivity index (χ3v) is 3.58. The molecule has 126 valence electrons. The Morgan fingerprint density at radius 2 is 1.72 bits per heavy atom. The first-order valence-corrected chi connectivity index (χ1v) is 7.60. The summed E-state index contributed by atoms with van der Waals surface area (Å²) in [6.45, 7) is 1.96. The van der Waals surface area contributed by atoms with Crippen LogP contribution in [0.4, 0.5) is 0 Å². The van der Waals surface area contributed by atoms with E-state index in [1.54, 1.807) is 30.3 Å². The van der Waals surface area contributed by atoms with E-state index < -0.39 is 17.9 Å². The van der Waals surface area contributed by atoms with Crippen molar-refractivity contribution in [3.05, 3.63) is 71.6 Å². The van der Waals surface area contributed by atoms with Gasteiger partial charge in [-0.3, -0.25) is 9.59 Å². The lowest BCUT2D eigenvalue weighted by Crippen LogP contribution is -2.37. The summed E-state index contributed by atoms with van der Waals surface area (Å²) in [5.41, 5.74) is 7.58. The van der Waals surface area contributed by atoms with Crippen LogP contribution in [-0.2, 0) is 4.79 Å². The number of carbonyl (C=O) groups excluding carboxylic acids is 2. The number of carbonyl (C=O) groups is 2. The van der Waals surface area contributed by atoms with Crippen LogP contribution in [0.15, 0.2) is 59.0 Å². The van der Waals surface area contributed by atoms with Gasteiger partial charge in [0, 0.05) is 11.1 Å².